The molecule has 2 N–H and O–H groups in total. The summed E-state index contributed by atoms with van der Waals surface area (Å²) in [5, 5.41) is 0. The van der Waals surface area contributed by atoms with Crippen LogP contribution < -0.4 is 5.73 Å². The van der Waals surface area contributed by atoms with Gasteiger partial charge in [0.05, 0.1) is 0 Å². The third-order valence-electron chi connectivity index (χ3n) is 1.20. The van der Waals surface area contributed by atoms with Crippen molar-refractivity contribution in [2.45, 2.75) is 4.90 Å². The lowest BCUT2D eigenvalue weighted by Gasteiger charge is -1.97. The zero-order valence-corrected chi connectivity index (χ0v) is 8.13. The van der Waals surface area contributed by atoms with E-state index in [-0.39, 0.29) is 18.2 Å². The Hall–Kier alpha value is -0.250. The second kappa shape index (κ2) is 6.29. The topological polar surface area (TPSA) is 26.0 Å². The number of benzene rings is 1. The molecule has 1 aromatic carbocycles. The molecule has 0 amide bonds. The molecule has 1 rings (SSSR count). The molecule has 1 aromatic rings. The molecule has 4 heteroatoms. The molecule has 0 spiro atoms. The first kappa shape index (κ1) is 11.8. The lowest BCUT2D eigenvalue weighted by molar-refractivity contribution is 0.626. The first-order valence-corrected chi connectivity index (χ1v) is 4.40. The minimum Gasteiger partial charge on any atom is -0.330 e. The average molecular weight is 208 g/mol. The van der Waals surface area contributed by atoms with Gasteiger partial charge in [-0.3, -0.25) is 0 Å². The molecule has 0 heterocycles. The Balaban J connectivity index is 0.00000121. The van der Waals surface area contributed by atoms with Crippen molar-refractivity contribution in [3.05, 3.63) is 30.1 Å². The molecule has 0 aliphatic rings. The average Bonchev–Trinajstić information content (AvgIpc) is 2.04. The summed E-state index contributed by atoms with van der Waals surface area (Å²) < 4.78 is 12.4. The molecule has 0 aliphatic heterocycles. The van der Waals surface area contributed by atoms with Crippen LogP contribution in [0, 0.1) is 5.82 Å². The van der Waals surface area contributed by atoms with Crippen LogP contribution in [0.25, 0.3) is 0 Å². The van der Waals surface area contributed by atoms with Crippen LogP contribution in [0.4, 0.5) is 4.39 Å². The maximum absolute atomic E-state index is 12.4. The van der Waals surface area contributed by atoms with Gasteiger partial charge in [-0.2, -0.15) is 0 Å². The van der Waals surface area contributed by atoms with Crippen molar-refractivity contribution in [2.24, 2.45) is 5.73 Å². The van der Waals surface area contributed by atoms with E-state index in [1.807, 2.05) is 0 Å². The highest BCUT2D eigenvalue weighted by atomic mass is 35.5. The van der Waals surface area contributed by atoms with Gasteiger partial charge in [0.25, 0.3) is 0 Å². The Morgan fingerprint density at radius 1 is 1.25 bits per heavy atom. The molecule has 0 saturated carbocycles. The van der Waals surface area contributed by atoms with Crippen molar-refractivity contribution < 1.29 is 4.39 Å². The molecule has 0 radical (unpaired) electrons. The molecule has 0 aromatic heterocycles. The zero-order valence-electron chi connectivity index (χ0n) is 6.50. The van der Waals surface area contributed by atoms with Crippen molar-refractivity contribution >= 4 is 24.2 Å². The van der Waals surface area contributed by atoms with Crippen LogP contribution in [0.2, 0.25) is 0 Å². The quantitative estimate of drug-likeness (QED) is 0.770. The summed E-state index contributed by atoms with van der Waals surface area (Å²) in [5.74, 6) is 0.688. The predicted molar refractivity (Wildman–Crippen MR) is 53.4 cm³/mol. The van der Waals surface area contributed by atoms with Crippen LogP contribution in [-0.2, 0) is 0 Å². The highest BCUT2D eigenvalue weighted by Gasteiger charge is 1.92. The van der Waals surface area contributed by atoms with Gasteiger partial charge in [0, 0.05) is 17.2 Å². The predicted octanol–water partition coefficient (Wildman–Crippen LogP) is 2.30. The Morgan fingerprint density at radius 3 is 2.33 bits per heavy atom. The van der Waals surface area contributed by atoms with Gasteiger partial charge >= 0.3 is 0 Å². The Labute approximate surface area is 81.9 Å². The van der Waals surface area contributed by atoms with E-state index in [4.69, 9.17) is 5.73 Å². The summed E-state index contributed by atoms with van der Waals surface area (Å²) in [6.07, 6.45) is 0. The van der Waals surface area contributed by atoms with Gasteiger partial charge < -0.3 is 5.73 Å². The fourth-order valence-electron chi connectivity index (χ4n) is 0.708. The Kier molecular flexibility index (Phi) is 6.16. The molecule has 0 fully saturated rings. The van der Waals surface area contributed by atoms with Gasteiger partial charge in [0.15, 0.2) is 0 Å². The van der Waals surface area contributed by atoms with E-state index in [2.05, 4.69) is 0 Å². The zero-order chi connectivity index (χ0) is 8.10. The lowest BCUT2D eigenvalue weighted by atomic mass is 10.4. The Bertz CT molecular complexity index is 215. The summed E-state index contributed by atoms with van der Waals surface area (Å²) in [4.78, 5) is 1.07. The highest BCUT2D eigenvalue weighted by Crippen LogP contribution is 2.16. The first-order chi connectivity index (χ1) is 5.33. The number of rotatable bonds is 3. The van der Waals surface area contributed by atoms with E-state index in [0.717, 1.165) is 10.6 Å². The van der Waals surface area contributed by atoms with E-state index in [1.165, 1.54) is 12.1 Å². The second-order valence-electron chi connectivity index (χ2n) is 2.09. The number of hydrogen-bond acceptors (Lipinski definition) is 2. The molecule has 1 nitrogen and oxygen atoms in total. The SMILES string of the molecule is Cl.NCCSc1ccc(F)cc1. The van der Waals surface area contributed by atoms with E-state index in [1.54, 1.807) is 23.9 Å². The molecule has 0 saturated heterocycles. The summed E-state index contributed by atoms with van der Waals surface area (Å²) in [7, 11) is 0. The molecule has 0 aliphatic carbocycles. The maximum atomic E-state index is 12.4. The minimum atomic E-state index is -0.193. The van der Waals surface area contributed by atoms with Crippen molar-refractivity contribution in [2.75, 3.05) is 12.3 Å². The van der Waals surface area contributed by atoms with E-state index in [0.29, 0.717) is 6.54 Å². The van der Waals surface area contributed by atoms with Gasteiger partial charge in [0.1, 0.15) is 5.82 Å². The second-order valence-corrected chi connectivity index (χ2v) is 3.26. The fraction of sp³-hybridized carbons (Fsp3) is 0.250. The molecule has 0 unspecified atom stereocenters. The van der Waals surface area contributed by atoms with Crippen LogP contribution in [0.5, 0.6) is 0 Å². The van der Waals surface area contributed by atoms with E-state index >= 15 is 0 Å². The van der Waals surface area contributed by atoms with Gasteiger partial charge in [-0.15, -0.1) is 24.2 Å². The standard InChI is InChI=1S/C8H10FNS.ClH/c9-7-1-3-8(4-2-7)11-6-5-10;/h1-4H,5-6,10H2;1H. The van der Waals surface area contributed by atoms with Crippen LogP contribution in [-0.4, -0.2) is 12.3 Å². The molecular formula is C8H11ClFNS. The van der Waals surface area contributed by atoms with Gasteiger partial charge in [0.2, 0.25) is 0 Å². The summed E-state index contributed by atoms with van der Waals surface area (Å²) >= 11 is 1.64. The number of thioether (sulfide) groups is 1. The third-order valence-corrected chi connectivity index (χ3v) is 2.25. The monoisotopic (exact) mass is 207 g/mol. The smallest absolute Gasteiger partial charge is 0.123 e. The Morgan fingerprint density at radius 2 is 1.83 bits per heavy atom. The van der Waals surface area contributed by atoms with E-state index < -0.39 is 0 Å². The van der Waals surface area contributed by atoms with Crippen LogP contribution in [0.1, 0.15) is 0 Å². The van der Waals surface area contributed by atoms with Crippen LogP contribution >= 0.6 is 24.2 Å². The fourth-order valence-corrected chi connectivity index (χ4v) is 1.39. The first-order valence-electron chi connectivity index (χ1n) is 3.41. The molecule has 68 valence electrons. The number of nitrogens with two attached hydrogens (primary N) is 1. The summed E-state index contributed by atoms with van der Waals surface area (Å²) in [6.45, 7) is 0.655. The van der Waals surface area contributed by atoms with Crippen molar-refractivity contribution in [1.82, 2.24) is 0 Å². The van der Waals surface area contributed by atoms with Gasteiger partial charge in [-0.05, 0) is 24.3 Å². The van der Waals surface area contributed by atoms with Crippen molar-refractivity contribution in [3.8, 4) is 0 Å². The number of halogens is 2. The van der Waals surface area contributed by atoms with Crippen LogP contribution in [0.15, 0.2) is 29.2 Å². The van der Waals surface area contributed by atoms with Crippen molar-refractivity contribution in [1.29, 1.82) is 0 Å². The molecule has 0 atom stereocenters. The van der Waals surface area contributed by atoms with E-state index in [9.17, 15) is 4.39 Å². The number of hydrogen-bond donors (Lipinski definition) is 1. The van der Waals surface area contributed by atoms with Crippen molar-refractivity contribution in [3.63, 3.8) is 0 Å². The lowest BCUT2D eigenvalue weighted by Crippen LogP contribution is -2.00. The molecule has 12 heavy (non-hydrogen) atoms. The highest BCUT2D eigenvalue weighted by molar-refractivity contribution is 7.99. The normalized spacial score (nSPS) is 9.17. The third kappa shape index (κ3) is 3.95. The molecule has 0 bridgehead atoms. The largest absolute Gasteiger partial charge is 0.330 e. The maximum Gasteiger partial charge on any atom is 0.123 e. The minimum absolute atomic E-state index is 0. The molecular weight excluding hydrogens is 197 g/mol. The summed E-state index contributed by atoms with van der Waals surface area (Å²) in [5.41, 5.74) is 5.31. The summed E-state index contributed by atoms with van der Waals surface area (Å²) in [6, 6.07) is 6.43. The van der Waals surface area contributed by atoms with Gasteiger partial charge in [-0.1, -0.05) is 0 Å². The van der Waals surface area contributed by atoms with Gasteiger partial charge in [-0.25, -0.2) is 4.39 Å². The van der Waals surface area contributed by atoms with Crippen LogP contribution in [0.3, 0.4) is 0 Å².